The monoisotopic (exact) mass is 184 g/mol. The van der Waals surface area contributed by atoms with Crippen LogP contribution in [0.15, 0.2) is 30.6 Å². The van der Waals surface area contributed by atoms with Gasteiger partial charge in [0.1, 0.15) is 6.33 Å². The standard InChI is InChI=1S/C10H8N4/c1-7-8-4-2-3-5-9(8)14-10(13-7)11-6-12-14/h2-6H,1H3. The van der Waals surface area contributed by atoms with E-state index in [-0.39, 0.29) is 0 Å². The van der Waals surface area contributed by atoms with Gasteiger partial charge in [-0.05, 0) is 13.0 Å². The summed E-state index contributed by atoms with van der Waals surface area (Å²) in [6, 6.07) is 8.05. The summed E-state index contributed by atoms with van der Waals surface area (Å²) < 4.78 is 1.75. The SMILES string of the molecule is Cc1nc2ncnn2c2ccccc12. The van der Waals surface area contributed by atoms with E-state index in [0.29, 0.717) is 5.78 Å². The van der Waals surface area contributed by atoms with Crippen molar-refractivity contribution >= 4 is 16.7 Å². The van der Waals surface area contributed by atoms with Crippen molar-refractivity contribution in [1.29, 1.82) is 0 Å². The predicted octanol–water partition coefficient (Wildman–Crippen LogP) is 1.59. The number of fused-ring (bicyclic) bond motifs is 3. The highest BCUT2D eigenvalue weighted by molar-refractivity contribution is 5.82. The zero-order valence-corrected chi connectivity index (χ0v) is 7.68. The molecule has 0 N–H and O–H groups in total. The van der Waals surface area contributed by atoms with Gasteiger partial charge in [0.2, 0.25) is 0 Å². The average Bonchev–Trinajstić information content (AvgIpc) is 2.66. The van der Waals surface area contributed by atoms with Crippen LogP contribution >= 0.6 is 0 Å². The Balaban J connectivity index is 2.67. The number of benzene rings is 1. The molecule has 4 heteroatoms. The van der Waals surface area contributed by atoms with Crippen LogP contribution in [0.2, 0.25) is 0 Å². The van der Waals surface area contributed by atoms with Crippen molar-refractivity contribution in [3.63, 3.8) is 0 Å². The third-order valence-corrected chi connectivity index (χ3v) is 2.32. The number of hydrogen-bond donors (Lipinski definition) is 0. The second kappa shape index (κ2) is 2.51. The Morgan fingerprint density at radius 1 is 1.21 bits per heavy atom. The molecule has 0 aliphatic rings. The smallest absolute Gasteiger partial charge is 0.216 e. The number of rotatable bonds is 0. The van der Waals surface area contributed by atoms with E-state index in [9.17, 15) is 0 Å². The summed E-state index contributed by atoms with van der Waals surface area (Å²) >= 11 is 0. The quantitative estimate of drug-likeness (QED) is 0.532. The summed E-state index contributed by atoms with van der Waals surface area (Å²) in [5.74, 6) is 0.654. The van der Waals surface area contributed by atoms with Crippen molar-refractivity contribution in [3.05, 3.63) is 36.3 Å². The number of nitrogens with zero attached hydrogens (tertiary/aromatic N) is 4. The molecule has 0 spiro atoms. The maximum absolute atomic E-state index is 4.35. The summed E-state index contributed by atoms with van der Waals surface area (Å²) in [5, 5.41) is 5.25. The zero-order chi connectivity index (χ0) is 9.54. The van der Waals surface area contributed by atoms with Crippen LogP contribution in [0, 0.1) is 6.92 Å². The molecule has 0 saturated carbocycles. The molecular weight excluding hydrogens is 176 g/mol. The molecule has 0 fully saturated rings. The van der Waals surface area contributed by atoms with Gasteiger partial charge < -0.3 is 0 Å². The van der Waals surface area contributed by atoms with E-state index in [4.69, 9.17) is 0 Å². The molecule has 0 bridgehead atoms. The van der Waals surface area contributed by atoms with E-state index in [1.54, 1.807) is 4.52 Å². The maximum Gasteiger partial charge on any atom is 0.252 e. The summed E-state index contributed by atoms with van der Waals surface area (Å²) in [4.78, 5) is 8.42. The Labute approximate surface area is 80.2 Å². The highest BCUT2D eigenvalue weighted by atomic mass is 15.3. The zero-order valence-electron chi connectivity index (χ0n) is 7.68. The van der Waals surface area contributed by atoms with Gasteiger partial charge in [-0.15, -0.1) is 0 Å². The van der Waals surface area contributed by atoms with Gasteiger partial charge in [-0.3, -0.25) is 0 Å². The second-order valence-corrected chi connectivity index (χ2v) is 3.19. The highest BCUT2D eigenvalue weighted by Gasteiger charge is 2.04. The second-order valence-electron chi connectivity index (χ2n) is 3.19. The van der Waals surface area contributed by atoms with Crippen LogP contribution < -0.4 is 0 Å². The van der Waals surface area contributed by atoms with Gasteiger partial charge in [0.05, 0.1) is 11.2 Å². The Bertz CT molecular complexity index is 612. The Morgan fingerprint density at radius 3 is 3.00 bits per heavy atom. The minimum absolute atomic E-state index is 0.654. The van der Waals surface area contributed by atoms with Crippen molar-refractivity contribution < 1.29 is 0 Å². The molecule has 0 aliphatic carbocycles. The molecule has 0 amide bonds. The normalized spacial score (nSPS) is 11.2. The van der Waals surface area contributed by atoms with E-state index in [1.807, 2.05) is 31.2 Å². The molecule has 0 unspecified atom stereocenters. The molecule has 2 heterocycles. The first-order valence-corrected chi connectivity index (χ1v) is 4.41. The molecule has 2 aromatic heterocycles. The maximum atomic E-state index is 4.35. The van der Waals surface area contributed by atoms with Crippen molar-refractivity contribution in [2.24, 2.45) is 0 Å². The van der Waals surface area contributed by atoms with Crippen LogP contribution in [0.25, 0.3) is 16.7 Å². The van der Waals surface area contributed by atoms with Crippen LogP contribution in [0.1, 0.15) is 5.69 Å². The number of hydrogen-bond acceptors (Lipinski definition) is 3. The van der Waals surface area contributed by atoms with E-state index >= 15 is 0 Å². The van der Waals surface area contributed by atoms with Gasteiger partial charge in [0, 0.05) is 5.39 Å². The van der Waals surface area contributed by atoms with Crippen LogP contribution in [-0.2, 0) is 0 Å². The Morgan fingerprint density at radius 2 is 2.07 bits per heavy atom. The van der Waals surface area contributed by atoms with Gasteiger partial charge in [0.15, 0.2) is 0 Å². The number of para-hydroxylation sites is 1. The fraction of sp³-hybridized carbons (Fsp3) is 0.100. The fourth-order valence-corrected chi connectivity index (χ4v) is 1.66. The summed E-state index contributed by atoms with van der Waals surface area (Å²) in [7, 11) is 0. The number of aryl methyl sites for hydroxylation is 1. The average molecular weight is 184 g/mol. The summed E-state index contributed by atoms with van der Waals surface area (Å²) in [6.45, 7) is 1.98. The predicted molar refractivity (Wildman–Crippen MR) is 53.0 cm³/mol. The molecule has 0 aliphatic heterocycles. The summed E-state index contributed by atoms with van der Waals surface area (Å²) in [5.41, 5.74) is 2.04. The fourth-order valence-electron chi connectivity index (χ4n) is 1.66. The molecule has 3 rings (SSSR count). The van der Waals surface area contributed by atoms with Crippen LogP contribution in [0.3, 0.4) is 0 Å². The van der Waals surface area contributed by atoms with Crippen molar-refractivity contribution in [2.75, 3.05) is 0 Å². The Kier molecular flexibility index (Phi) is 1.33. The third kappa shape index (κ3) is 0.849. The number of aromatic nitrogens is 4. The topological polar surface area (TPSA) is 43.1 Å². The van der Waals surface area contributed by atoms with Gasteiger partial charge in [-0.2, -0.15) is 14.6 Å². The van der Waals surface area contributed by atoms with E-state index in [0.717, 1.165) is 16.6 Å². The van der Waals surface area contributed by atoms with E-state index in [1.165, 1.54) is 6.33 Å². The van der Waals surface area contributed by atoms with E-state index in [2.05, 4.69) is 15.1 Å². The molecule has 68 valence electrons. The highest BCUT2D eigenvalue weighted by Crippen LogP contribution is 2.16. The molecule has 0 radical (unpaired) electrons. The van der Waals surface area contributed by atoms with Crippen molar-refractivity contribution in [1.82, 2.24) is 19.6 Å². The molecule has 4 nitrogen and oxygen atoms in total. The van der Waals surface area contributed by atoms with Crippen LogP contribution in [0.4, 0.5) is 0 Å². The molecule has 0 saturated heterocycles. The van der Waals surface area contributed by atoms with Crippen molar-refractivity contribution in [2.45, 2.75) is 6.92 Å². The minimum atomic E-state index is 0.654. The first kappa shape index (κ1) is 7.44. The minimum Gasteiger partial charge on any atom is -0.216 e. The van der Waals surface area contributed by atoms with Crippen molar-refractivity contribution in [3.8, 4) is 0 Å². The first-order valence-electron chi connectivity index (χ1n) is 4.41. The van der Waals surface area contributed by atoms with Crippen LogP contribution in [-0.4, -0.2) is 19.6 Å². The molecule has 0 atom stereocenters. The lowest BCUT2D eigenvalue weighted by atomic mass is 10.2. The van der Waals surface area contributed by atoms with Crippen LogP contribution in [0.5, 0.6) is 0 Å². The van der Waals surface area contributed by atoms with E-state index < -0.39 is 0 Å². The Hall–Kier alpha value is -1.97. The lowest BCUT2D eigenvalue weighted by Gasteiger charge is -2.02. The lowest BCUT2D eigenvalue weighted by molar-refractivity contribution is 0.975. The first-order chi connectivity index (χ1) is 6.86. The molecule has 1 aromatic carbocycles. The summed E-state index contributed by atoms with van der Waals surface area (Å²) in [6.07, 6.45) is 1.52. The molecular formula is C10H8N4. The third-order valence-electron chi connectivity index (χ3n) is 2.32. The largest absolute Gasteiger partial charge is 0.252 e. The van der Waals surface area contributed by atoms with Gasteiger partial charge >= 0.3 is 0 Å². The van der Waals surface area contributed by atoms with Gasteiger partial charge in [0.25, 0.3) is 5.78 Å². The van der Waals surface area contributed by atoms with Gasteiger partial charge in [-0.25, -0.2) is 4.98 Å². The molecule has 14 heavy (non-hydrogen) atoms. The molecule has 3 aromatic rings. The van der Waals surface area contributed by atoms with Gasteiger partial charge in [-0.1, -0.05) is 18.2 Å². The lowest BCUT2D eigenvalue weighted by Crippen LogP contribution is -1.96.